The standard InChI is InChI=1S/C26H30F2N4O4/c1-26(2,31-8-10-35-11-9-31)17-6-7-32-19(15-29-22(32)14-17)16-12-20(34-3)23(21(13-16)36-25(27)28)24(33)30-18-4-5-18/h6-7,12-15,18,25H,4-5,8-11H2,1-3H3,(H,30,33). The number of hydrogen-bond acceptors (Lipinski definition) is 6. The highest BCUT2D eigenvalue weighted by Gasteiger charge is 2.31. The summed E-state index contributed by atoms with van der Waals surface area (Å²) < 4.78 is 44.2. The second kappa shape index (κ2) is 9.67. The van der Waals surface area contributed by atoms with Gasteiger partial charge in [0.15, 0.2) is 0 Å². The number of imidazole rings is 1. The third kappa shape index (κ3) is 4.75. The van der Waals surface area contributed by atoms with Crippen LogP contribution in [0.2, 0.25) is 0 Å². The van der Waals surface area contributed by atoms with E-state index in [1.807, 2.05) is 22.7 Å². The number of fused-ring (bicyclic) bond motifs is 1. The van der Waals surface area contributed by atoms with Crippen molar-refractivity contribution in [1.29, 1.82) is 0 Å². The molecule has 2 fully saturated rings. The molecule has 3 aromatic rings. The van der Waals surface area contributed by atoms with E-state index in [1.165, 1.54) is 13.2 Å². The van der Waals surface area contributed by atoms with Crippen LogP contribution >= 0.6 is 0 Å². The monoisotopic (exact) mass is 500 g/mol. The summed E-state index contributed by atoms with van der Waals surface area (Å²) >= 11 is 0. The molecule has 192 valence electrons. The van der Waals surface area contributed by atoms with Gasteiger partial charge in [0.2, 0.25) is 0 Å². The lowest BCUT2D eigenvalue weighted by Crippen LogP contribution is -2.47. The minimum atomic E-state index is -3.09. The van der Waals surface area contributed by atoms with E-state index in [9.17, 15) is 13.6 Å². The molecule has 1 aromatic carbocycles. The molecule has 1 aliphatic carbocycles. The quantitative estimate of drug-likeness (QED) is 0.503. The average Bonchev–Trinajstić information content (AvgIpc) is 3.58. The van der Waals surface area contributed by atoms with Crippen molar-refractivity contribution < 1.29 is 27.8 Å². The van der Waals surface area contributed by atoms with Crippen LogP contribution in [0.25, 0.3) is 16.9 Å². The first kappa shape index (κ1) is 24.5. The third-order valence-electron chi connectivity index (χ3n) is 6.96. The Morgan fingerprint density at radius 1 is 1.19 bits per heavy atom. The lowest BCUT2D eigenvalue weighted by atomic mass is 9.92. The van der Waals surface area contributed by atoms with Gasteiger partial charge < -0.3 is 19.5 Å². The molecule has 1 saturated heterocycles. The van der Waals surface area contributed by atoms with E-state index in [0.717, 1.165) is 37.1 Å². The van der Waals surface area contributed by atoms with Gasteiger partial charge in [-0.25, -0.2) is 4.98 Å². The van der Waals surface area contributed by atoms with Crippen molar-refractivity contribution in [3.8, 4) is 22.8 Å². The highest BCUT2D eigenvalue weighted by Crippen LogP contribution is 2.37. The Balaban J connectivity index is 1.53. The Morgan fingerprint density at radius 3 is 2.58 bits per heavy atom. The summed E-state index contributed by atoms with van der Waals surface area (Å²) in [5.74, 6) is -0.580. The van der Waals surface area contributed by atoms with Gasteiger partial charge in [0.1, 0.15) is 22.7 Å². The number of pyridine rings is 1. The molecule has 8 nitrogen and oxygen atoms in total. The number of carbonyl (C=O) groups is 1. The molecule has 1 aliphatic heterocycles. The number of benzene rings is 1. The van der Waals surface area contributed by atoms with Crippen LogP contribution in [0.15, 0.2) is 36.7 Å². The molecule has 2 aromatic heterocycles. The van der Waals surface area contributed by atoms with Gasteiger partial charge in [-0.2, -0.15) is 8.78 Å². The minimum Gasteiger partial charge on any atom is -0.496 e. The van der Waals surface area contributed by atoms with Gasteiger partial charge in [0, 0.05) is 36.4 Å². The number of methoxy groups -OCH3 is 1. The zero-order valence-electron chi connectivity index (χ0n) is 20.6. The van der Waals surface area contributed by atoms with Crippen LogP contribution in [0, 0.1) is 0 Å². The molecule has 1 N–H and O–H groups in total. The van der Waals surface area contributed by atoms with Crippen molar-refractivity contribution in [2.24, 2.45) is 0 Å². The van der Waals surface area contributed by atoms with Crippen LogP contribution in [0.5, 0.6) is 11.5 Å². The van der Waals surface area contributed by atoms with Crippen molar-refractivity contribution in [3.63, 3.8) is 0 Å². The molecule has 3 heterocycles. The van der Waals surface area contributed by atoms with Gasteiger partial charge in [0.25, 0.3) is 5.91 Å². The van der Waals surface area contributed by atoms with Crippen LogP contribution in [-0.2, 0) is 10.3 Å². The fraction of sp³-hybridized carbons (Fsp3) is 0.462. The molecule has 1 amide bonds. The van der Waals surface area contributed by atoms with Crippen molar-refractivity contribution >= 4 is 11.6 Å². The zero-order valence-corrected chi connectivity index (χ0v) is 20.6. The van der Waals surface area contributed by atoms with Crippen LogP contribution in [-0.4, -0.2) is 66.3 Å². The Kier molecular flexibility index (Phi) is 6.57. The number of hydrogen-bond donors (Lipinski definition) is 1. The highest BCUT2D eigenvalue weighted by atomic mass is 19.3. The topological polar surface area (TPSA) is 77.3 Å². The summed E-state index contributed by atoms with van der Waals surface area (Å²) in [6, 6.07) is 7.21. The average molecular weight is 501 g/mol. The summed E-state index contributed by atoms with van der Waals surface area (Å²) in [5.41, 5.74) is 2.77. The van der Waals surface area contributed by atoms with Crippen molar-refractivity contribution in [3.05, 3.63) is 47.8 Å². The van der Waals surface area contributed by atoms with E-state index >= 15 is 0 Å². The first-order chi connectivity index (χ1) is 17.3. The smallest absolute Gasteiger partial charge is 0.387 e. The van der Waals surface area contributed by atoms with Crippen molar-refractivity contribution in [1.82, 2.24) is 19.6 Å². The second-order valence-electron chi connectivity index (χ2n) is 9.62. The number of nitrogens with one attached hydrogen (secondary N) is 1. The Bertz CT molecular complexity index is 1270. The zero-order chi connectivity index (χ0) is 25.4. The molecule has 0 radical (unpaired) electrons. The molecule has 1 saturated carbocycles. The maximum Gasteiger partial charge on any atom is 0.387 e. The number of morpholine rings is 1. The first-order valence-corrected chi connectivity index (χ1v) is 12.1. The summed E-state index contributed by atoms with van der Waals surface area (Å²) in [7, 11) is 1.40. The van der Waals surface area contributed by atoms with E-state index in [-0.39, 0.29) is 28.6 Å². The number of amides is 1. The third-order valence-corrected chi connectivity index (χ3v) is 6.96. The molecule has 10 heteroatoms. The Labute approximate surface area is 208 Å². The number of nitrogens with zero attached hydrogens (tertiary/aromatic N) is 3. The molecule has 0 atom stereocenters. The summed E-state index contributed by atoms with van der Waals surface area (Å²) in [4.78, 5) is 19.8. The molecule has 0 unspecified atom stereocenters. The number of carbonyl (C=O) groups excluding carboxylic acids is 1. The van der Waals surface area contributed by atoms with Gasteiger partial charge in [-0.05, 0) is 56.5 Å². The van der Waals surface area contributed by atoms with Gasteiger partial charge in [0.05, 0.1) is 32.2 Å². The van der Waals surface area contributed by atoms with Gasteiger partial charge >= 0.3 is 6.61 Å². The fourth-order valence-corrected chi connectivity index (χ4v) is 4.68. The van der Waals surface area contributed by atoms with E-state index in [4.69, 9.17) is 14.2 Å². The predicted octanol–water partition coefficient (Wildman–Crippen LogP) is 4.07. The molecule has 5 rings (SSSR count). The Morgan fingerprint density at radius 2 is 1.92 bits per heavy atom. The summed E-state index contributed by atoms with van der Waals surface area (Å²) in [5, 5.41) is 2.82. The molecular weight excluding hydrogens is 470 g/mol. The minimum absolute atomic E-state index is 0.0446. The largest absolute Gasteiger partial charge is 0.496 e. The van der Waals surface area contributed by atoms with E-state index in [2.05, 4.69) is 29.0 Å². The van der Waals surface area contributed by atoms with Crippen LogP contribution in [0.1, 0.15) is 42.6 Å². The lowest BCUT2D eigenvalue weighted by molar-refractivity contribution is -0.0502. The number of rotatable bonds is 8. The van der Waals surface area contributed by atoms with E-state index < -0.39 is 12.5 Å². The van der Waals surface area contributed by atoms with E-state index in [1.54, 1.807) is 12.3 Å². The predicted molar refractivity (Wildman–Crippen MR) is 130 cm³/mol. The van der Waals surface area contributed by atoms with Gasteiger partial charge in [-0.3, -0.25) is 14.1 Å². The molecule has 36 heavy (non-hydrogen) atoms. The first-order valence-electron chi connectivity index (χ1n) is 12.1. The van der Waals surface area contributed by atoms with E-state index in [0.29, 0.717) is 24.5 Å². The SMILES string of the molecule is COc1cc(-c2cnc3cc(C(C)(C)N4CCOCC4)ccn23)cc(OC(F)F)c1C(=O)NC1CC1. The second-order valence-corrected chi connectivity index (χ2v) is 9.62. The summed E-state index contributed by atoms with van der Waals surface area (Å²) in [6.07, 6.45) is 5.32. The van der Waals surface area contributed by atoms with Gasteiger partial charge in [-0.1, -0.05) is 0 Å². The van der Waals surface area contributed by atoms with Crippen molar-refractivity contribution in [2.75, 3.05) is 33.4 Å². The van der Waals surface area contributed by atoms with Crippen LogP contribution in [0.4, 0.5) is 8.78 Å². The summed E-state index contributed by atoms with van der Waals surface area (Å²) in [6.45, 7) is 4.38. The van der Waals surface area contributed by atoms with Crippen LogP contribution < -0.4 is 14.8 Å². The number of halogens is 2. The highest BCUT2D eigenvalue weighted by molar-refractivity contribution is 6.01. The maximum atomic E-state index is 13.3. The fourth-order valence-electron chi connectivity index (χ4n) is 4.68. The molecular formula is C26H30F2N4O4. The number of ether oxygens (including phenoxy) is 3. The maximum absolute atomic E-state index is 13.3. The molecule has 2 aliphatic rings. The number of alkyl halides is 2. The molecule has 0 bridgehead atoms. The van der Waals surface area contributed by atoms with Gasteiger partial charge in [-0.15, -0.1) is 0 Å². The Hall–Kier alpha value is -3.24. The number of aromatic nitrogens is 2. The van der Waals surface area contributed by atoms with Crippen molar-refractivity contribution in [2.45, 2.75) is 44.9 Å². The van der Waals surface area contributed by atoms with Crippen LogP contribution in [0.3, 0.4) is 0 Å². The molecule has 0 spiro atoms. The lowest BCUT2D eigenvalue weighted by Gasteiger charge is -2.41. The normalized spacial score (nSPS) is 16.9.